The lowest BCUT2D eigenvalue weighted by Gasteiger charge is -2.14. The predicted molar refractivity (Wildman–Crippen MR) is 90.3 cm³/mol. The van der Waals surface area contributed by atoms with Crippen LogP contribution in [-0.4, -0.2) is 33.9 Å². The Morgan fingerprint density at radius 3 is 2.04 bits per heavy atom. The van der Waals surface area contributed by atoms with Crippen molar-refractivity contribution in [3.05, 3.63) is 53.6 Å². The second kappa shape index (κ2) is 6.66. The highest BCUT2D eigenvalue weighted by Gasteiger charge is 2.29. The van der Waals surface area contributed by atoms with Gasteiger partial charge in [0.2, 0.25) is 5.75 Å². The topological polar surface area (TPSA) is 54.0 Å². The Bertz CT molecular complexity index is 768. The van der Waals surface area contributed by atoms with Crippen molar-refractivity contribution >= 4 is 17.1 Å². The first-order chi connectivity index (χ1) is 11.7. The first-order valence-corrected chi connectivity index (χ1v) is 7.45. The lowest BCUT2D eigenvalue weighted by Crippen LogP contribution is -2.01. The standard InChI is InChI=1S/C19H18O5/c1-21-15-9-13(10-16(22-2)18(15)23-3)17-14(11-24-19(17)20)12-7-5-4-6-8-12/h4-10H,11H2,1-3H3. The summed E-state index contributed by atoms with van der Waals surface area (Å²) in [6, 6.07) is 13.2. The molecule has 1 heterocycles. The Morgan fingerprint density at radius 2 is 1.50 bits per heavy atom. The normalized spacial score (nSPS) is 13.7. The molecule has 0 bridgehead atoms. The van der Waals surface area contributed by atoms with Gasteiger partial charge in [-0.2, -0.15) is 0 Å². The second-order valence-electron chi connectivity index (χ2n) is 5.21. The Labute approximate surface area is 140 Å². The summed E-state index contributed by atoms with van der Waals surface area (Å²) >= 11 is 0. The molecule has 0 unspecified atom stereocenters. The fourth-order valence-electron chi connectivity index (χ4n) is 2.79. The van der Waals surface area contributed by atoms with Crippen molar-refractivity contribution in [3.8, 4) is 17.2 Å². The molecule has 5 heteroatoms. The number of methoxy groups -OCH3 is 3. The van der Waals surface area contributed by atoms with Crippen molar-refractivity contribution < 1.29 is 23.7 Å². The van der Waals surface area contributed by atoms with Gasteiger partial charge < -0.3 is 18.9 Å². The van der Waals surface area contributed by atoms with Crippen molar-refractivity contribution in [2.45, 2.75) is 0 Å². The lowest BCUT2D eigenvalue weighted by molar-refractivity contribution is -0.133. The maximum absolute atomic E-state index is 12.3. The van der Waals surface area contributed by atoms with Crippen molar-refractivity contribution in [1.82, 2.24) is 0 Å². The highest BCUT2D eigenvalue weighted by atomic mass is 16.5. The number of cyclic esters (lactones) is 1. The summed E-state index contributed by atoms with van der Waals surface area (Å²) in [6.45, 7) is 0.245. The molecule has 2 aromatic rings. The molecule has 1 aliphatic heterocycles. The number of esters is 1. The molecule has 0 saturated carbocycles. The Hall–Kier alpha value is -2.95. The molecule has 3 rings (SSSR count). The molecule has 0 N–H and O–H groups in total. The first kappa shape index (κ1) is 15.9. The van der Waals surface area contributed by atoms with Gasteiger partial charge in [-0.25, -0.2) is 4.79 Å². The number of rotatable bonds is 5. The van der Waals surface area contributed by atoms with E-state index in [0.29, 0.717) is 28.4 Å². The van der Waals surface area contributed by atoms with E-state index in [4.69, 9.17) is 18.9 Å². The molecule has 2 aromatic carbocycles. The zero-order valence-electron chi connectivity index (χ0n) is 13.8. The van der Waals surface area contributed by atoms with Crippen LogP contribution in [0.25, 0.3) is 11.1 Å². The molecule has 0 fully saturated rings. The maximum atomic E-state index is 12.3. The monoisotopic (exact) mass is 326 g/mol. The highest BCUT2D eigenvalue weighted by Crippen LogP contribution is 2.42. The third-order valence-corrected chi connectivity index (χ3v) is 3.93. The van der Waals surface area contributed by atoms with Crippen LogP contribution in [0.3, 0.4) is 0 Å². The summed E-state index contributed by atoms with van der Waals surface area (Å²) in [4.78, 5) is 12.3. The molecule has 0 radical (unpaired) electrons. The van der Waals surface area contributed by atoms with Gasteiger partial charge in [0.25, 0.3) is 0 Å². The van der Waals surface area contributed by atoms with E-state index in [1.54, 1.807) is 33.5 Å². The van der Waals surface area contributed by atoms with Gasteiger partial charge >= 0.3 is 5.97 Å². The summed E-state index contributed by atoms with van der Waals surface area (Å²) in [7, 11) is 4.62. The molecule has 0 atom stereocenters. The molecule has 5 nitrogen and oxygen atoms in total. The van der Waals surface area contributed by atoms with Gasteiger partial charge in [0.1, 0.15) is 6.61 Å². The summed E-state index contributed by atoms with van der Waals surface area (Å²) in [5, 5.41) is 0. The van der Waals surface area contributed by atoms with Crippen LogP contribution < -0.4 is 14.2 Å². The number of ether oxygens (including phenoxy) is 4. The minimum atomic E-state index is -0.358. The van der Waals surface area contributed by atoms with E-state index in [1.165, 1.54) is 0 Å². The van der Waals surface area contributed by atoms with Crippen LogP contribution in [0.5, 0.6) is 17.2 Å². The number of hydrogen-bond donors (Lipinski definition) is 0. The van der Waals surface area contributed by atoms with E-state index < -0.39 is 0 Å². The van der Waals surface area contributed by atoms with Gasteiger partial charge in [0.05, 0.1) is 26.9 Å². The summed E-state index contributed by atoms with van der Waals surface area (Å²) < 4.78 is 21.3. The number of carbonyl (C=O) groups excluding carboxylic acids is 1. The predicted octanol–water partition coefficient (Wildman–Crippen LogP) is 3.18. The van der Waals surface area contributed by atoms with Crippen molar-refractivity contribution in [2.24, 2.45) is 0 Å². The van der Waals surface area contributed by atoms with E-state index in [1.807, 2.05) is 30.3 Å². The first-order valence-electron chi connectivity index (χ1n) is 7.45. The molecular formula is C19H18O5. The molecule has 24 heavy (non-hydrogen) atoms. The average molecular weight is 326 g/mol. The van der Waals surface area contributed by atoms with Crippen LogP contribution in [-0.2, 0) is 9.53 Å². The third-order valence-electron chi connectivity index (χ3n) is 3.93. The SMILES string of the molecule is COc1cc(C2=C(c3ccccc3)COC2=O)cc(OC)c1OC. The van der Waals surface area contributed by atoms with E-state index in [2.05, 4.69) is 0 Å². The minimum Gasteiger partial charge on any atom is -0.493 e. The van der Waals surface area contributed by atoms with Gasteiger partial charge in [-0.05, 0) is 23.3 Å². The van der Waals surface area contributed by atoms with Crippen LogP contribution in [0.15, 0.2) is 42.5 Å². The van der Waals surface area contributed by atoms with E-state index in [-0.39, 0.29) is 12.6 Å². The summed E-state index contributed by atoms with van der Waals surface area (Å²) in [5.41, 5.74) is 2.98. The second-order valence-corrected chi connectivity index (χ2v) is 5.21. The van der Waals surface area contributed by atoms with Crippen LogP contribution in [0.4, 0.5) is 0 Å². The van der Waals surface area contributed by atoms with Gasteiger partial charge in [0.15, 0.2) is 11.5 Å². The molecule has 0 amide bonds. The van der Waals surface area contributed by atoms with Crippen molar-refractivity contribution in [3.63, 3.8) is 0 Å². The third kappa shape index (κ3) is 2.69. The summed E-state index contributed by atoms with van der Waals surface area (Å²) in [5.74, 6) is 1.11. The molecule has 1 aliphatic rings. The lowest BCUT2D eigenvalue weighted by atomic mass is 9.96. The number of carbonyl (C=O) groups is 1. The van der Waals surface area contributed by atoms with Gasteiger partial charge in [-0.15, -0.1) is 0 Å². The van der Waals surface area contributed by atoms with Crippen molar-refractivity contribution in [1.29, 1.82) is 0 Å². The van der Waals surface area contributed by atoms with Crippen LogP contribution >= 0.6 is 0 Å². The molecule has 0 aliphatic carbocycles. The fourth-order valence-corrected chi connectivity index (χ4v) is 2.79. The van der Waals surface area contributed by atoms with Crippen LogP contribution in [0, 0.1) is 0 Å². The Kier molecular flexibility index (Phi) is 4.42. The van der Waals surface area contributed by atoms with E-state index >= 15 is 0 Å². The zero-order chi connectivity index (χ0) is 17.1. The van der Waals surface area contributed by atoms with Gasteiger partial charge in [0, 0.05) is 5.57 Å². The molecule has 0 saturated heterocycles. The fraction of sp³-hybridized carbons (Fsp3) is 0.211. The quantitative estimate of drug-likeness (QED) is 0.790. The maximum Gasteiger partial charge on any atom is 0.339 e. The molecular weight excluding hydrogens is 308 g/mol. The van der Waals surface area contributed by atoms with Gasteiger partial charge in [-0.1, -0.05) is 30.3 Å². The van der Waals surface area contributed by atoms with Crippen LogP contribution in [0.1, 0.15) is 11.1 Å². The highest BCUT2D eigenvalue weighted by molar-refractivity contribution is 6.27. The molecule has 0 aromatic heterocycles. The van der Waals surface area contributed by atoms with Gasteiger partial charge in [-0.3, -0.25) is 0 Å². The Morgan fingerprint density at radius 1 is 0.875 bits per heavy atom. The number of benzene rings is 2. The largest absolute Gasteiger partial charge is 0.493 e. The molecule has 124 valence electrons. The average Bonchev–Trinajstić information content (AvgIpc) is 3.02. The molecule has 0 spiro atoms. The summed E-state index contributed by atoms with van der Waals surface area (Å²) in [6.07, 6.45) is 0. The zero-order valence-corrected chi connectivity index (χ0v) is 13.8. The van der Waals surface area contributed by atoms with E-state index in [0.717, 1.165) is 11.1 Å². The van der Waals surface area contributed by atoms with Crippen LogP contribution in [0.2, 0.25) is 0 Å². The van der Waals surface area contributed by atoms with E-state index in [9.17, 15) is 4.79 Å². The minimum absolute atomic E-state index is 0.245. The Balaban J connectivity index is 2.20. The smallest absolute Gasteiger partial charge is 0.339 e. The number of hydrogen-bond acceptors (Lipinski definition) is 5. The van der Waals surface area contributed by atoms with Crippen molar-refractivity contribution in [2.75, 3.05) is 27.9 Å².